The number of nitrogens with one attached hydrogen (secondary N) is 1. The lowest BCUT2D eigenvalue weighted by molar-refractivity contribution is -0.116. The molecule has 0 saturated heterocycles. The first kappa shape index (κ1) is 13.5. The van der Waals surface area contributed by atoms with Crippen molar-refractivity contribution in [3.63, 3.8) is 0 Å². The molecule has 0 spiro atoms. The van der Waals surface area contributed by atoms with Crippen LogP contribution in [-0.2, 0) is 9.53 Å². The van der Waals surface area contributed by atoms with Crippen molar-refractivity contribution in [2.75, 3.05) is 18.5 Å². The molecule has 1 unspecified atom stereocenters. The van der Waals surface area contributed by atoms with E-state index >= 15 is 0 Å². The van der Waals surface area contributed by atoms with Crippen LogP contribution in [0.2, 0.25) is 0 Å². The Kier molecular flexibility index (Phi) is 4.73. The summed E-state index contributed by atoms with van der Waals surface area (Å²) in [7, 11) is 0. The van der Waals surface area contributed by atoms with E-state index in [2.05, 4.69) is 27.9 Å². The number of hydrogen-bond acceptors (Lipinski definition) is 3. The Balaban J connectivity index is 1.98. The molecule has 1 atom stereocenters. The van der Waals surface area contributed by atoms with Crippen LogP contribution in [0, 0.1) is 3.57 Å². The molecule has 96 valence electrons. The van der Waals surface area contributed by atoms with Crippen molar-refractivity contribution in [1.82, 2.24) is 0 Å². The molecule has 0 aliphatic carbocycles. The maximum Gasteiger partial charge on any atom is 0.245 e. The third kappa shape index (κ3) is 3.54. The first-order valence-electron chi connectivity index (χ1n) is 5.75. The second-order valence-electron chi connectivity index (χ2n) is 4.08. The average molecular weight is 358 g/mol. The molecule has 1 aromatic rings. The second-order valence-corrected chi connectivity index (χ2v) is 5.32. The molecule has 3 N–H and O–H groups in total. The minimum absolute atomic E-state index is 0.177. The van der Waals surface area contributed by atoms with Gasteiger partial charge in [0.15, 0.2) is 0 Å². The van der Waals surface area contributed by atoms with E-state index in [0.717, 1.165) is 21.3 Å². The smallest absolute Gasteiger partial charge is 0.245 e. The van der Waals surface area contributed by atoms with Crippen LogP contribution < -0.4 is 11.1 Å². The molecular formula is C13H15IN2O2. The highest BCUT2D eigenvalue weighted by molar-refractivity contribution is 14.1. The summed E-state index contributed by atoms with van der Waals surface area (Å²) in [5.74, 6) is -0.177. The Hall–Kier alpha value is -0.920. The standard InChI is InChI=1S/C13H15IN2O2/c14-10-1-3-11(4-2-10)16-13(17)12(15)9-5-7-18-8-6-9/h1-5,12H,6-8,15H2,(H,16,17). The molecule has 1 aromatic carbocycles. The molecular weight excluding hydrogens is 343 g/mol. The molecule has 0 saturated carbocycles. The topological polar surface area (TPSA) is 64.4 Å². The quantitative estimate of drug-likeness (QED) is 0.641. The summed E-state index contributed by atoms with van der Waals surface area (Å²) >= 11 is 2.22. The number of nitrogens with two attached hydrogens (primary N) is 1. The van der Waals surface area contributed by atoms with Gasteiger partial charge in [0, 0.05) is 9.26 Å². The molecule has 1 heterocycles. The number of amides is 1. The Bertz CT molecular complexity index is 457. The van der Waals surface area contributed by atoms with Crippen LogP contribution in [0.5, 0.6) is 0 Å². The van der Waals surface area contributed by atoms with Gasteiger partial charge in [-0.05, 0) is 58.9 Å². The Labute approximate surface area is 120 Å². The zero-order chi connectivity index (χ0) is 13.0. The average Bonchev–Trinajstić information content (AvgIpc) is 2.41. The lowest BCUT2D eigenvalue weighted by Crippen LogP contribution is -2.38. The van der Waals surface area contributed by atoms with Gasteiger partial charge in [-0.3, -0.25) is 4.79 Å². The van der Waals surface area contributed by atoms with E-state index in [1.807, 2.05) is 30.3 Å². The highest BCUT2D eigenvalue weighted by atomic mass is 127. The third-order valence-electron chi connectivity index (χ3n) is 2.79. The van der Waals surface area contributed by atoms with Crippen molar-refractivity contribution >= 4 is 34.2 Å². The van der Waals surface area contributed by atoms with Gasteiger partial charge in [-0.15, -0.1) is 0 Å². The molecule has 1 aliphatic heterocycles. The summed E-state index contributed by atoms with van der Waals surface area (Å²) in [5.41, 5.74) is 7.65. The van der Waals surface area contributed by atoms with Crippen LogP contribution in [0.3, 0.4) is 0 Å². The molecule has 5 heteroatoms. The molecule has 0 radical (unpaired) electrons. The van der Waals surface area contributed by atoms with Crippen molar-refractivity contribution in [2.45, 2.75) is 12.5 Å². The predicted octanol–water partition coefficient (Wildman–Crippen LogP) is 1.90. The fraction of sp³-hybridized carbons (Fsp3) is 0.308. The van der Waals surface area contributed by atoms with Crippen LogP contribution in [-0.4, -0.2) is 25.2 Å². The van der Waals surface area contributed by atoms with E-state index in [4.69, 9.17) is 10.5 Å². The first-order valence-corrected chi connectivity index (χ1v) is 6.83. The van der Waals surface area contributed by atoms with Crippen LogP contribution in [0.25, 0.3) is 0 Å². The van der Waals surface area contributed by atoms with Crippen LogP contribution in [0.15, 0.2) is 35.9 Å². The lowest BCUT2D eigenvalue weighted by Gasteiger charge is -2.19. The maximum atomic E-state index is 12.0. The van der Waals surface area contributed by atoms with Gasteiger partial charge in [0.25, 0.3) is 0 Å². The van der Waals surface area contributed by atoms with Gasteiger partial charge in [0.2, 0.25) is 5.91 Å². The number of carbonyl (C=O) groups is 1. The van der Waals surface area contributed by atoms with E-state index in [1.165, 1.54) is 0 Å². The molecule has 18 heavy (non-hydrogen) atoms. The summed E-state index contributed by atoms with van der Waals surface area (Å²) in [5, 5.41) is 2.82. The fourth-order valence-corrected chi connectivity index (χ4v) is 2.11. The summed E-state index contributed by atoms with van der Waals surface area (Å²) in [6.07, 6.45) is 2.61. The Morgan fingerprint density at radius 2 is 2.11 bits per heavy atom. The number of benzene rings is 1. The SMILES string of the molecule is NC(C(=O)Nc1ccc(I)cc1)C1=CCOCC1. The van der Waals surface area contributed by atoms with Gasteiger partial charge in [-0.25, -0.2) is 0 Å². The van der Waals surface area contributed by atoms with Crippen molar-refractivity contribution < 1.29 is 9.53 Å². The lowest BCUT2D eigenvalue weighted by atomic mass is 10.0. The highest BCUT2D eigenvalue weighted by Gasteiger charge is 2.19. The van der Waals surface area contributed by atoms with E-state index < -0.39 is 6.04 Å². The van der Waals surface area contributed by atoms with Crippen LogP contribution in [0.4, 0.5) is 5.69 Å². The minimum Gasteiger partial charge on any atom is -0.377 e. The normalized spacial score (nSPS) is 16.9. The van der Waals surface area contributed by atoms with Gasteiger partial charge < -0.3 is 15.8 Å². The van der Waals surface area contributed by atoms with Gasteiger partial charge in [0.05, 0.1) is 13.2 Å². The molecule has 2 rings (SSSR count). The van der Waals surface area contributed by atoms with Gasteiger partial charge >= 0.3 is 0 Å². The van der Waals surface area contributed by atoms with E-state index in [1.54, 1.807) is 0 Å². The predicted molar refractivity (Wildman–Crippen MR) is 79.3 cm³/mol. The molecule has 4 nitrogen and oxygen atoms in total. The molecule has 1 aliphatic rings. The van der Waals surface area contributed by atoms with E-state index in [-0.39, 0.29) is 5.91 Å². The van der Waals surface area contributed by atoms with Crippen molar-refractivity contribution in [3.05, 3.63) is 39.5 Å². The third-order valence-corrected chi connectivity index (χ3v) is 3.51. The zero-order valence-corrected chi connectivity index (χ0v) is 12.0. The summed E-state index contributed by atoms with van der Waals surface area (Å²) in [6, 6.07) is 7.02. The van der Waals surface area contributed by atoms with Crippen molar-refractivity contribution in [1.29, 1.82) is 0 Å². The monoisotopic (exact) mass is 358 g/mol. The molecule has 1 amide bonds. The van der Waals surface area contributed by atoms with Gasteiger partial charge in [-0.2, -0.15) is 0 Å². The van der Waals surface area contributed by atoms with Gasteiger partial charge in [-0.1, -0.05) is 6.08 Å². The van der Waals surface area contributed by atoms with Gasteiger partial charge in [0.1, 0.15) is 6.04 Å². The van der Waals surface area contributed by atoms with Crippen LogP contribution in [0.1, 0.15) is 6.42 Å². The fourth-order valence-electron chi connectivity index (χ4n) is 1.75. The summed E-state index contributed by atoms with van der Waals surface area (Å²) < 4.78 is 6.32. The number of carbonyl (C=O) groups excluding carboxylic acids is 1. The highest BCUT2D eigenvalue weighted by Crippen LogP contribution is 2.15. The number of rotatable bonds is 3. The molecule has 0 aromatic heterocycles. The van der Waals surface area contributed by atoms with Crippen LogP contribution >= 0.6 is 22.6 Å². The van der Waals surface area contributed by atoms with E-state index in [0.29, 0.717) is 13.2 Å². The first-order chi connectivity index (χ1) is 8.66. The number of ether oxygens (including phenoxy) is 1. The summed E-state index contributed by atoms with van der Waals surface area (Å²) in [6.45, 7) is 1.18. The maximum absolute atomic E-state index is 12.0. The second kappa shape index (κ2) is 6.31. The zero-order valence-electron chi connectivity index (χ0n) is 9.86. The minimum atomic E-state index is -0.590. The number of hydrogen-bond donors (Lipinski definition) is 2. The summed E-state index contributed by atoms with van der Waals surface area (Å²) in [4.78, 5) is 12.0. The number of anilines is 1. The molecule has 0 bridgehead atoms. The van der Waals surface area contributed by atoms with Crippen molar-refractivity contribution in [2.24, 2.45) is 5.73 Å². The largest absolute Gasteiger partial charge is 0.377 e. The van der Waals surface area contributed by atoms with Crippen molar-refractivity contribution in [3.8, 4) is 0 Å². The Morgan fingerprint density at radius 3 is 2.72 bits per heavy atom. The Morgan fingerprint density at radius 1 is 1.39 bits per heavy atom. The number of halogens is 1. The molecule has 0 fully saturated rings. The van der Waals surface area contributed by atoms with E-state index in [9.17, 15) is 4.79 Å².